The average Bonchev–Trinajstić information content (AvgIpc) is 3.22. The molecule has 2 heterocycles. The van der Waals surface area contributed by atoms with Crippen molar-refractivity contribution in [1.29, 1.82) is 0 Å². The molecule has 0 aromatic heterocycles. The Kier molecular flexibility index (Phi) is 6.23. The van der Waals surface area contributed by atoms with E-state index in [0.717, 1.165) is 43.2 Å². The number of urea groups is 1. The van der Waals surface area contributed by atoms with Crippen LogP contribution in [0.2, 0.25) is 0 Å². The van der Waals surface area contributed by atoms with Gasteiger partial charge in [-0.3, -0.25) is 4.90 Å². The lowest BCUT2D eigenvalue weighted by Gasteiger charge is -2.40. The molecule has 1 saturated heterocycles. The molecule has 2 aliphatic rings. The van der Waals surface area contributed by atoms with Crippen LogP contribution in [0.3, 0.4) is 0 Å². The molecule has 2 aromatic carbocycles. The molecule has 0 saturated carbocycles. The number of carbonyl (C=O) groups is 1. The van der Waals surface area contributed by atoms with E-state index in [2.05, 4.69) is 50.8 Å². The Morgan fingerprint density at radius 2 is 1.71 bits per heavy atom. The number of hydrogen-bond acceptors (Lipinski definition) is 5. The highest BCUT2D eigenvalue weighted by molar-refractivity contribution is 5.74. The summed E-state index contributed by atoms with van der Waals surface area (Å²) in [7, 11) is 0. The van der Waals surface area contributed by atoms with Crippen molar-refractivity contribution >= 4 is 11.7 Å². The fourth-order valence-corrected chi connectivity index (χ4v) is 4.08. The van der Waals surface area contributed by atoms with Gasteiger partial charge in [-0.15, -0.1) is 0 Å². The number of anilines is 1. The molecule has 2 aromatic rings. The lowest BCUT2D eigenvalue weighted by atomic mass is 10.0. The van der Waals surface area contributed by atoms with E-state index in [0.29, 0.717) is 6.54 Å². The van der Waals surface area contributed by atoms with Crippen LogP contribution in [0.5, 0.6) is 11.5 Å². The third-order valence-electron chi connectivity index (χ3n) is 5.60. The molecule has 2 amide bonds. The third-order valence-corrected chi connectivity index (χ3v) is 5.60. The fourth-order valence-electron chi connectivity index (χ4n) is 4.08. The van der Waals surface area contributed by atoms with Gasteiger partial charge in [0.05, 0.1) is 6.04 Å². The van der Waals surface area contributed by atoms with E-state index in [1.165, 1.54) is 5.69 Å². The first-order valence-corrected chi connectivity index (χ1v) is 10.9. The molecule has 7 heteroatoms. The van der Waals surface area contributed by atoms with E-state index in [9.17, 15) is 4.79 Å². The van der Waals surface area contributed by atoms with Crippen molar-refractivity contribution in [3.63, 3.8) is 0 Å². The molecule has 166 valence electrons. The van der Waals surface area contributed by atoms with Crippen molar-refractivity contribution in [2.75, 3.05) is 44.4 Å². The van der Waals surface area contributed by atoms with Crippen molar-refractivity contribution in [1.82, 2.24) is 15.5 Å². The minimum atomic E-state index is -0.278. The maximum atomic E-state index is 12.4. The Bertz CT molecular complexity index is 889. The van der Waals surface area contributed by atoms with Crippen LogP contribution in [0.15, 0.2) is 48.5 Å². The Labute approximate surface area is 184 Å². The summed E-state index contributed by atoms with van der Waals surface area (Å²) in [6.07, 6.45) is 0. The van der Waals surface area contributed by atoms with Gasteiger partial charge in [-0.2, -0.15) is 0 Å². The average molecular weight is 425 g/mol. The number of piperazine rings is 1. The quantitative estimate of drug-likeness (QED) is 0.770. The number of ether oxygens (including phenoxy) is 2. The first kappa shape index (κ1) is 21.3. The standard InChI is InChI=1S/C24H32N4O3/c1-24(2,3)26-23(29)25-16-20(18-9-10-21-22(15-18)31-17-30-21)28-13-11-27(12-14-28)19-7-5-4-6-8-19/h4-10,15,20H,11-14,16-17H2,1-3H3,(H2,25,26,29)/t20-/m1/s1. The normalized spacial score (nSPS) is 17.3. The lowest BCUT2D eigenvalue weighted by Crippen LogP contribution is -2.52. The highest BCUT2D eigenvalue weighted by Crippen LogP contribution is 2.35. The van der Waals surface area contributed by atoms with Crippen LogP contribution in [0.25, 0.3) is 0 Å². The smallest absolute Gasteiger partial charge is 0.315 e. The van der Waals surface area contributed by atoms with E-state index in [-0.39, 0.29) is 24.4 Å². The van der Waals surface area contributed by atoms with Crippen molar-refractivity contribution < 1.29 is 14.3 Å². The number of amides is 2. The van der Waals surface area contributed by atoms with Crippen molar-refractivity contribution in [2.45, 2.75) is 32.4 Å². The first-order chi connectivity index (χ1) is 14.9. The van der Waals surface area contributed by atoms with Crippen molar-refractivity contribution in [2.24, 2.45) is 0 Å². The Morgan fingerprint density at radius 1 is 1.00 bits per heavy atom. The minimum Gasteiger partial charge on any atom is -0.454 e. The molecule has 4 rings (SSSR count). The monoisotopic (exact) mass is 424 g/mol. The summed E-state index contributed by atoms with van der Waals surface area (Å²) in [5.74, 6) is 1.54. The molecule has 0 unspecified atom stereocenters. The van der Waals surface area contributed by atoms with Crippen molar-refractivity contribution in [3.05, 3.63) is 54.1 Å². The SMILES string of the molecule is CC(C)(C)NC(=O)NC[C@H](c1ccc2c(c1)OCO2)N1CCN(c2ccccc2)CC1. The van der Waals surface area contributed by atoms with Crippen LogP contribution < -0.4 is 25.0 Å². The molecule has 1 atom stereocenters. The van der Waals surface area contributed by atoms with E-state index in [4.69, 9.17) is 9.47 Å². The van der Waals surface area contributed by atoms with E-state index >= 15 is 0 Å². The second-order valence-corrected chi connectivity index (χ2v) is 9.07. The lowest BCUT2D eigenvalue weighted by molar-refractivity contribution is 0.172. The minimum absolute atomic E-state index is 0.0538. The molecule has 31 heavy (non-hydrogen) atoms. The molecule has 2 aliphatic heterocycles. The topological polar surface area (TPSA) is 66.1 Å². The van der Waals surface area contributed by atoms with Crippen LogP contribution in [0.1, 0.15) is 32.4 Å². The van der Waals surface area contributed by atoms with E-state index < -0.39 is 0 Å². The highest BCUT2D eigenvalue weighted by Gasteiger charge is 2.27. The molecule has 0 bridgehead atoms. The number of rotatable bonds is 5. The van der Waals surface area contributed by atoms with Crippen LogP contribution in [-0.2, 0) is 0 Å². The molecule has 0 radical (unpaired) electrons. The Morgan fingerprint density at radius 3 is 2.42 bits per heavy atom. The van der Waals surface area contributed by atoms with Gasteiger partial charge in [-0.1, -0.05) is 24.3 Å². The largest absolute Gasteiger partial charge is 0.454 e. The Hall–Kier alpha value is -2.93. The number of benzene rings is 2. The summed E-state index contributed by atoms with van der Waals surface area (Å²) in [6.45, 7) is 10.4. The second-order valence-electron chi connectivity index (χ2n) is 9.07. The van der Waals surface area contributed by atoms with Gasteiger partial charge in [0.15, 0.2) is 11.5 Å². The third kappa shape index (κ3) is 5.41. The summed E-state index contributed by atoms with van der Waals surface area (Å²) >= 11 is 0. The predicted octanol–water partition coefficient (Wildman–Crippen LogP) is 3.38. The van der Waals surface area contributed by atoms with Gasteiger partial charge in [-0.05, 0) is 50.6 Å². The molecule has 1 fully saturated rings. The zero-order chi connectivity index (χ0) is 21.8. The zero-order valence-corrected chi connectivity index (χ0v) is 18.6. The van der Waals surface area contributed by atoms with Gasteiger partial charge in [0.1, 0.15) is 0 Å². The van der Waals surface area contributed by atoms with E-state index in [1.54, 1.807) is 0 Å². The van der Waals surface area contributed by atoms with Gasteiger partial charge < -0.3 is 25.0 Å². The Balaban J connectivity index is 1.47. The number of nitrogens with one attached hydrogen (secondary N) is 2. The maximum Gasteiger partial charge on any atom is 0.315 e. The molecule has 2 N–H and O–H groups in total. The molecule has 0 aliphatic carbocycles. The van der Waals surface area contributed by atoms with Crippen molar-refractivity contribution in [3.8, 4) is 11.5 Å². The highest BCUT2D eigenvalue weighted by atomic mass is 16.7. The molecular formula is C24H32N4O3. The zero-order valence-electron chi connectivity index (χ0n) is 18.6. The number of para-hydroxylation sites is 1. The number of hydrogen-bond donors (Lipinski definition) is 2. The number of nitrogens with zero attached hydrogens (tertiary/aromatic N) is 2. The first-order valence-electron chi connectivity index (χ1n) is 10.9. The van der Waals surface area contributed by atoms with Gasteiger partial charge >= 0.3 is 6.03 Å². The molecule has 7 nitrogen and oxygen atoms in total. The summed E-state index contributed by atoms with van der Waals surface area (Å²) in [5, 5.41) is 6.05. The summed E-state index contributed by atoms with van der Waals surface area (Å²) in [5.41, 5.74) is 2.09. The van der Waals surface area contributed by atoms with Gasteiger partial charge in [0, 0.05) is 44.0 Å². The van der Waals surface area contributed by atoms with Gasteiger partial charge in [0.25, 0.3) is 0 Å². The van der Waals surface area contributed by atoms with E-state index in [1.807, 2.05) is 39.0 Å². The van der Waals surface area contributed by atoms with Gasteiger partial charge in [0.2, 0.25) is 6.79 Å². The number of carbonyl (C=O) groups excluding carboxylic acids is 1. The van der Waals surface area contributed by atoms with Crippen LogP contribution >= 0.6 is 0 Å². The molecular weight excluding hydrogens is 392 g/mol. The maximum absolute atomic E-state index is 12.4. The molecule has 0 spiro atoms. The summed E-state index contributed by atoms with van der Waals surface area (Å²) in [6, 6.07) is 16.5. The van der Waals surface area contributed by atoms with Crippen LogP contribution in [0, 0.1) is 0 Å². The fraction of sp³-hybridized carbons (Fsp3) is 0.458. The number of fused-ring (bicyclic) bond motifs is 1. The van der Waals surface area contributed by atoms with Crippen LogP contribution in [0.4, 0.5) is 10.5 Å². The second kappa shape index (κ2) is 9.06. The van der Waals surface area contributed by atoms with Gasteiger partial charge in [-0.25, -0.2) is 4.79 Å². The van der Waals surface area contributed by atoms with Crippen LogP contribution in [-0.4, -0.2) is 56.0 Å². The summed E-state index contributed by atoms with van der Waals surface area (Å²) < 4.78 is 11.1. The predicted molar refractivity (Wildman–Crippen MR) is 122 cm³/mol. The summed E-state index contributed by atoms with van der Waals surface area (Å²) in [4.78, 5) is 17.3.